The van der Waals surface area contributed by atoms with Gasteiger partial charge in [0.1, 0.15) is 6.10 Å². The highest BCUT2D eigenvalue weighted by Crippen LogP contribution is 2.33. The van der Waals surface area contributed by atoms with Crippen molar-refractivity contribution >= 4 is 5.97 Å². The molecule has 1 aliphatic rings. The van der Waals surface area contributed by atoms with E-state index >= 15 is 0 Å². The molecule has 86 valence electrons. The minimum atomic E-state index is -0.929. The van der Waals surface area contributed by atoms with Crippen molar-refractivity contribution in [2.24, 2.45) is 0 Å². The zero-order valence-electron chi connectivity index (χ0n) is 9.01. The Morgan fingerprint density at radius 3 is 2.88 bits per heavy atom. The highest BCUT2D eigenvalue weighted by atomic mass is 16.5. The first-order valence-corrected chi connectivity index (χ1v) is 5.23. The number of benzene rings is 1. The molecule has 16 heavy (non-hydrogen) atoms. The van der Waals surface area contributed by atoms with Crippen LogP contribution in [0, 0.1) is 0 Å². The molecular weight excluding hydrogens is 208 g/mol. The second-order valence-corrected chi connectivity index (χ2v) is 4.05. The van der Waals surface area contributed by atoms with Crippen LogP contribution in [0.3, 0.4) is 0 Å². The van der Waals surface area contributed by atoms with Crippen LogP contribution in [0.2, 0.25) is 0 Å². The fourth-order valence-corrected chi connectivity index (χ4v) is 2.02. The number of ether oxygens (including phenoxy) is 1. The predicted molar refractivity (Wildman–Crippen MR) is 57.6 cm³/mol. The van der Waals surface area contributed by atoms with Gasteiger partial charge in [-0.3, -0.25) is 0 Å². The minimum absolute atomic E-state index is 0.0772. The molecule has 0 saturated carbocycles. The largest absolute Gasteiger partial charge is 0.478 e. The normalized spacial score (nSPS) is 23.9. The number of aliphatic hydroxyl groups excluding tert-OH is 1. The summed E-state index contributed by atoms with van der Waals surface area (Å²) in [5.74, 6) is -0.765. The second kappa shape index (κ2) is 4.23. The summed E-state index contributed by atoms with van der Waals surface area (Å²) >= 11 is 0. The lowest BCUT2D eigenvalue weighted by Gasteiger charge is -2.29. The highest BCUT2D eigenvalue weighted by Gasteiger charge is 2.25. The van der Waals surface area contributed by atoms with Crippen molar-refractivity contribution in [3.05, 3.63) is 34.9 Å². The summed E-state index contributed by atoms with van der Waals surface area (Å²) in [5.41, 5.74) is 2.14. The number of aliphatic hydroxyl groups is 1. The molecule has 0 aliphatic carbocycles. The topological polar surface area (TPSA) is 66.8 Å². The first-order chi connectivity index (χ1) is 7.63. The molecule has 0 bridgehead atoms. The Bertz CT molecular complexity index is 413. The van der Waals surface area contributed by atoms with E-state index in [-0.39, 0.29) is 24.2 Å². The first kappa shape index (κ1) is 11.1. The molecule has 2 rings (SSSR count). The van der Waals surface area contributed by atoms with Gasteiger partial charge in [-0.1, -0.05) is 13.0 Å². The van der Waals surface area contributed by atoms with Gasteiger partial charge < -0.3 is 14.9 Å². The monoisotopic (exact) mass is 222 g/mol. The van der Waals surface area contributed by atoms with Gasteiger partial charge in [0.05, 0.1) is 18.8 Å². The second-order valence-electron chi connectivity index (χ2n) is 4.05. The summed E-state index contributed by atoms with van der Waals surface area (Å²) in [4.78, 5) is 10.9. The van der Waals surface area contributed by atoms with Crippen LogP contribution in [-0.4, -0.2) is 29.4 Å². The zero-order valence-corrected chi connectivity index (χ0v) is 9.01. The number of carbonyl (C=O) groups is 1. The average molecular weight is 222 g/mol. The standard InChI is InChI=1S/C12H14O4/c1-7-6-16-11(5-13)9-3-2-8(12(14)15)4-10(7)9/h2-4,7,11,13H,5-6H2,1H3,(H,14,15). The molecule has 1 aliphatic heterocycles. The molecule has 1 aromatic carbocycles. The van der Waals surface area contributed by atoms with E-state index in [9.17, 15) is 4.79 Å². The maximum Gasteiger partial charge on any atom is 0.335 e. The van der Waals surface area contributed by atoms with Crippen LogP contribution in [0.5, 0.6) is 0 Å². The minimum Gasteiger partial charge on any atom is -0.478 e. The fraction of sp³-hybridized carbons (Fsp3) is 0.417. The van der Waals surface area contributed by atoms with Crippen molar-refractivity contribution in [1.82, 2.24) is 0 Å². The molecule has 0 saturated heterocycles. The van der Waals surface area contributed by atoms with Crippen molar-refractivity contribution in [3.63, 3.8) is 0 Å². The Labute approximate surface area is 93.5 Å². The number of carboxylic acids is 1. The molecule has 0 fully saturated rings. The van der Waals surface area contributed by atoms with Gasteiger partial charge >= 0.3 is 5.97 Å². The molecule has 4 nitrogen and oxygen atoms in total. The first-order valence-electron chi connectivity index (χ1n) is 5.23. The van der Waals surface area contributed by atoms with Gasteiger partial charge in [0.25, 0.3) is 0 Å². The molecule has 2 N–H and O–H groups in total. The molecular formula is C12H14O4. The van der Waals surface area contributed by atoms with Gasteiger partial charge in [-0.15, -0.1) is 0 Å². The van der Waals surface area contributed by atoms with E-state index in [0.29, 0.717) is 6.61 Å². The van der Waals surface area contributed by atoms with Crippen molar-refractivity contribution < 1.29 is 19.7 Å². The van der Waals surface area contributed by atoms with Gasteiger partial charge in [0.15, 0.2) is 0 Å². The predicted octanol–water partition coefficient (Wildman–Crippen LogP) is 1.55. The summed E-state index contributed by atoms with van der Waals surface area (Å²) in [6.07, 6.45) is -0.325. The number of hydrogen-bond donors (Lipinski definition) is 2. The van der Waals surface area contributed by atoms with E-state index < -0.39 is 5.97 Å². The maximum absolute atomic E-state index is 10.9. The Balaban J connectivity index is 2.47. The molecule has 1 heterocycles. The fourth-order valence-electron chi connectivity index (χ4n) is 2.02. The van der Waals surface area contributed by atoms with Crippen molar-refractivity contribution in [2.45, 2.75) is 18.9 Å². The van der Waals surface area contributed by atoms with E-state index in [1.165, 1.54) is 0 Å². The summed E-state index contributed by atoms with van der Waals surface area (Å²) in [6, 6.07) is 4.95. The molecule has 2 unspecified atom stereocenters. The summed E-state index contributed by atoms with van der Waals surface area (Å²) in [6.45, 7) is 2.42. The van der Waals surface area contributed by atoms with Crippen molar-refractivity contribution in [1.29, 1.82) is 0 Å². The smallest absolute Gasteiger partial charge is 0.335 e. The van der Waals surface area contributed by atoms with E-state index in [2.05, 4.69) is 0 Å². The van der Waals surface area contributed by atoms with E-state index in [1.54, 1.807) is 18.2 Å². The van der Waals surface area contributed by atoms with Crippen LogP contribution in [-0.2, 0) is 4.74 Å². The molecule has 1 aromatic rings. The van der Waals surface area contributed by atoms with Gasteiger partial charge in [0.2, 0.25) is 0 Å². The number of carboxylic acid groups (broad SMARTS) is 1. The average Bonchev–Trinajstić information content (AvgIpc) is 2.29. The third kappa shape index (κ3) is 1.81. The SMILES string of the molecule is CC1COC(CO)c2ccc(C(=O)O)cc21. The maximum atomic E-state index is 10.9. The summed E-state index contributed by atoms with van der Waals surface area (Å²) in [7, 11) is 0. The van der Waals surface area contributed by atoms with Gasteiger partial charge in [0, 0.05) is 5.92 Å². The quantitative estimate of drug-likeness (QED) is 0.796. The lowest BCUT2D eigenvalue weighted by atomic mass is 9.89. The lowest BCUT2D eigenvalue weighted by molar-refractivity contribution is -0.00577. The Morgan fingerprint density at radius 2 is 2.25 bits per heavy atom. The zero-order chi connectivity index (χ0) is 11.7. The Morgan fingerprint density at radius 1 is 1.50 bits per heavy atom. The van der Waals surface area contributed by atoms with E-state index in [1.807, 2.05) is 6.92 Å². The van der Waals surface area contributed by atoms with Gasteiger partial charge in [-0.2, -0.15) is 0 Å². The third-order valence-electron chi connectivity index (χ3n) is 2.92. The van der Waals surface area contributed by atoms with E-state index in [0.717, 1.165) is 11.1 Å². The van der Waals surface area contributed by atoms with E-state index in [4.69, 9.17) is 14.9 Å². The number of fused-ring (bicyclic) bond motifs is 1. The molecule has 0 amide bonds. The van der Waals surface area contributed by atoms with Gasteiger partial charge in [-0.05, 0) is 23.3 Å². The highest BCUT2D eigenvalue weighted by molar-refractivity contribution is 5.88. The lowest BCUT2D eigenvalue weighted by Crippen LogP contribution is -2.22. The molecule has 2 atom stereocenters. The van der Waals surface area contributed by atoms with Crippen LogP contribution in [0.15, 0.2) is 18.2 Å². The number of aromatic carboxylic acids is 1. The van der Waals surface area contributed by atoms with Crippen LogP contribution < -0.4 is 0 Å². The van der Waals surface area contributed by atoms with Crippen LogP contribution in [0.4, 0.5) is 0 Å². The van der Waals surface area contributed by atoms with Gasteiger partial charge in [-0.25, -0.2) is 4.79 Å². The van der Waals surface area contributed by atoms with Crippen LogP contribution >= 0.6 is 0 Å². The molecule has 0 radical (unpaired) electrons. The molecule has 4 heteroatoms. The Hall–Kier alpha value is -1.39. The molecule has 0 aromatic heterocycles. The van der Waals surface area contributed by atoms with Crippen LogP contribution in [0.25, 0.3) is 0 Å². The third-order valence-corrected chi connectivity index (χ3v) is 2.92. The van der Waals surface area contributed by atoms with Crippen molar-refractivity contribution in [2.75, 3.05) is 13.2 Å². The summed E-state index contributed by atoms with van der Waals surface area (Å²) in [5, 5.41) is 18.1. The van der Waals surface area contributed by atoms with Crippen molar-refractivity contribution in [3.8, 4) is 0 Å². The molecule has 0 spiro atoms. The number of hydrogen-bond acceptors (Lipinski definition) is 3. The number of rotatable bonds is 2. The summed E-state index contributed by atoms with van der Waals surface area (Å²) < 4.78 is 5.47. The van der Waals surface area contributed by atoms with Crippen LogP contribution in [0.1, 0.15) is 40.4 Å². The Kier molecular flexibility index (Phi) is 2.94.